The first-order chi connectivity index (χ1) is 19.4. The summed E-state index contributed by atoms with van der Waals surface area (Å²) < 4.78 is 6.01. The van der Waals surface area contributed by atoms with Crippen LogP contribution in [0.1, 0.15) is 46.2 Å². The van der Waals surface area contributed by atoms with Gasteiger partial charge in [-0.05, 0) is 84.5 Å². The predicted molar refractivity (Wildman–Crippen MR) is 160 cm³/mol. The number of non-ortho nitro benzene ring substituents is 1. The number of nitrogens with zero attached hydrogens (tertiary/aromatic N) is 2. The molecule has 200 valence electrons. The molecule has 4 aromatic carbocycles. The molecule has 4 aromatic rings. The SMILES string of the molecule is Cc1ccc2c(c1)[C@@H]1C=CC[C@@H]1[C@H](c1ccc(N=Cc3cc(Cl)ccc3OCc3ccc([N+](=O)[O-])cc3)cc1)N2. The Bertz CT molecular complexity index is 1610. The van der Waals surface area contributed by atoms with Crippen LogP contribution >= 0.6 is 11.6 Å². The number of aliphatic imine (C=N–C) groups is 1. The first-order valence-electron chi connectivity index (χ1n) is 13.3. The lowest BCUT2D eigenvalue weighted by molar-refractivity contribution is -0.384. The summed E-state index contributed by atoms with van der Waals surface area (Å²) in [7, 11) is 0. The lowest BCUT2D eigenvalue weighted by Gasteiger charge is -2.37. The predicted octanol–water partition coefficient (Wildman–Crippen LogP) is 8.71. The molecule has 0 saturated heterocycles. The number of fused-ring (bicyclic) bond motifs is 3. The Morgan fingerprint density at radius 2 is 1.85 bits per heavy atom. The van der Waals surface area contributed by atoms with Crippen molar-refractivity contribution in [2.45, 2.75) is 31.9 Å². The molecule has 0 unspecified atom stereocenters. The smallest absolute Gasteiger partial charge is 0.269 e. The minimum atomic E-state index is -0.418. The van der Waals surface area contributed by atoms with Crippen LogP contribution in [0.4, 0.5) is 17.1 Å². The second-order valence-electron chi connectivity index (χ2n) is 10.3. The molecule has 1 aliphatic carbocycles. The summed E-state index contributed by atoms with van der Waals surface area (Å²) >= 11 is 6.27. The standard InChI is InChI=1S/C33H28ClN3O3/c1-21-5-15-31-30(17-21)28-3-2-4-29(28)33(36-31)23-8-11-26(12-9-23)35-19-24-18-25(34)10-16-32(24)40-20-22-6-13-27(14-7-22)37(38)39/h2-3,5-19,28-29,33,36H,4,20H2,1H3/t28-,29+,33+/m1/s1. The maximum atomic E-state index is 10.9. The van der Waals surface area contributed by atoms with Crippen LogP contribution in [-0.4, -0.2) is 11.1 Å². The molecule has 0 bridgehead atoms. The molecule has 1 N–H and O–H groups in total. The fourth-order valence-corrected chi connectivity index (χ4v) is 5.76. The highest BCUT2D eigenvalue weighted by atomic mass is 35.5. The molecule has 0 amide bonds. The first kappa shape index (κ1) is 25.8. The van der Waals surface area contributed by atoms with E-state index < -0.39 is 4.92 Å². The van der Waals surface area contributed by atoms with Gasteiger partial charge in [0.1, 0.15) is 12.4 Å². The van der Waals surface area contributed by atoms with E-state index in [1.165, 1.54) is 34.5 Å². The van der Waals surface area contributed by atoms with Gasteiger partial charge in [-0.15, -0.1) is 0 Å². The number of nitro benzene ring substituents is 1. The fraction of sp³-hybridized carbons (Fsp3) is 0.182. The molecule has 1 aliphatic heterocycles. The zero-order chi connectivity index (χ0) is 27.6. The van der Waals surface area contributed by atoms with E-state index in [-0.39, 0.29) is 18.3 Å². The minimum Gasteiger partial charge on any atom is -0.488 e. The third-order valence-corrected chi connectivity index (χ3v) is 7.87. The van der Waals surface area contributed by atoms with Gasteiger partial charge < -0.3 is 10.1 Å². The highest BCUT2D eigenvalue weighted by Crippen LogP contribution is 2.50. The van der Waals surface area contributed by atoms with Crippen molar-refractivity contribution in [2.75, 3.05) is 5.32 Å². The van der Waals surface area contributed by atoms with Crippen molar-refractivity contribution in [3.8, 4) is 5.75 Å². The van der Waals surface area contributed by atoms with Gasteiger partial charge in [0.2, 0.25) is 0 Å². The number of halogens is 1. The van der Waals surface area contributed by atoms with Crippen molar-refractivity contribution in [1.29, 1.82) is 0 Å². The second-order valence-corrected chi connectivity index (χ2v) is 10.7. The lowest BCUT2D eigenvalue weighted by Crippen LogP contribution is -2.29. The average Bonchev–Trinajstić information content (AvgIpc) is 3.46. The van der Waals surface area contributed by atoms with Crippen LogP contribution in [-0.2, 0) is 6.61 Å². The number of ether oxygens (including phenoxy) is 1. The van der Waals surface area contributed by atoms with E-state index in [1.54, 1.807) is 30.5 Å². The number of nitro groups is 1. The van der Waals surface area contributed by atoms with Crippen LogP contribution in [0.2, 0.25) is 5.02 Å². The molecule has 7 heteroatoms. The van der Waals surface area contributed by atoms with E-state index in [0.29, 0.717) is 22.6 Å². The molecule has 0 radical (unpaired) electrons. The molecule has 2 aliphatic rings. The van der Waals surface area contributed by atoms with Crippen molar-refractivity contribution in [3.05, 3.63) is 140 Å². The van der Waals surface area contributed by atoms with Crippen molar-refractivity contribution in [2.24, 2.45) is 10.9 Å². The summed E-state index contributed by atoms with van der Waals surface area (Å²) in [5.41, 5.74) is 7.61. The number of hydrogen-bond donors (Lipinski definition) is 1. The Morgan fingerprint density at radius 3 is 2.62 bits per heavy atom. The van der Waals surface area contributed by atoms with E-state index in [2.05, 4.69) is 54.7 Å². The summed E-state index contributed by atoms with van der Waals surface area (Å²) in [5, 5.41) is 15.3. The van der Waals surface area contributed by atoms with Crippen molar-refractivity contribution >= 4 is 34.9 Å². The molecule has 0 fully saturated rings. The Hall–Kier alpha value is -4.42. The largest absolute Gasteiger partial charge is 0.488 e. The molecular formula is C33H28ClN3O3. The first-order valence-corrected chi connectivity index (χ1v) is 13.7. The number of benzene rings is 4. The molecule has 1 heterocycles. The molecule has 0 spiro atoms. The van der Waals surface area contributed by atoms with Crippen molar-refractivity contribution in [3.63, 3.8) is 0 Å². The zero-order valence-electron chi connectivity index (χ0n) is 22.0. The van der Waals surface area contributed by atoms with Crippen LogP contribution in [0.15, 0.2) is 102 Å². The molecule has 6 rings (SSSR count). The number of aryl methyl sites for hydroxylation is 1. The van der Waals surface area contributed by atoms with Gasteiger partial charge in [0.15, 0.2) is 0 Å². The van der Waals surface area contributed by atoms with E-state index in [9.17, 15) is 10.1 Å². The van der Waals surface area contributed by atoms with Gasteiger partial charge >= 0.3 is 0 Å². The number of rotatable bonds is 7. The fourth-order valence-electron chi connectivity index (χ4n) is 5.58. The minimum absolute atomic E-state index is 0.0491. The van der Waals surface area contributed by atoms with Gasteiger partial charge in [0.25, 0.3) is 5.69 Å². The molecule has 6 nitrogen and oxygen atoms in total. The van der Waals surface area contributed by atoms with Gasteiger partial charge in [-0.25, -0.2) is 0 Å². The summed E-state index contributed by atoms with van der Waals surface area (Å²) in [6, 6.07) is 27.0. The topological polar surface area (TPSA) is 76.8 Å². The zero-order valence-corrected chi connectivity index (χ0v) is 22.7. The average molecular weight is 550 g/mol. The van der Waals surface area contributed by atoms with Crippen LogP contribution < -0.4 is 10.1 Å². The van der Waals surface area contributed by atoms with Gasteiger partial charge in [-0.3, -0.25) is 15.1 Å². The maximum absolute atomic E-state index is 10.9. The molecule has 0 saturated carbocycles. The summed E-state index contributed by atoms with van der Waals surface area (Å²) in [6.45, 7) is 2.42. The lowest BCUT2D eigenvalue weighted by atomic mass is 9.76. The van der Waals surface area contributed by atoms with Gasteiger partial charge in [0, 0.05) is 40.5 Å². The molecule has 0 aromatic heterocycles. The highest BCUT2D eigenvalue weighted by molar-refractivity contribution is 6.30. The highest BCUT2D eigenvalue weighted by Gasteiger charge is 2.37. The second kappa shape index (κ2) is 11.0. The van der Waals surface area contributed by atoms with Gasteiger partial charge in [0.05, 0.1) is 16.7 Å². The van der Waals surface area contributed by atoms with Crippen LogP contribution in [0, 0.1) is 23.0 Å². The number of allylic oxidation sites excluding steroid dienone is 2. The van der Waals surface area contributed by atoms with E-state index in [1.807, 2.05) is 18.2 Å². The quantitative estimate of drug-likeness (QED) is 0.108. The maximum Gasteiger partial charge on any atom is 0.269 e. The molecular weight excluding hydrogens is 522 g/mol. The third kappa shape index (κ3) is 5.36. The Balaban J connectivity index is 1.17. The molecule has 3 atom stereocenters. The van der Waals surface area contributed by atoms with Crippen LogP contribution in [0.25, 0.3) is 0 Å². The van der Waals surface area contributed by atoms with E-state index >= 15 is 0 Å². The Labute approximate surface area is 238 Å². The monoisotopic (exact) mass is 549 g/mol. The Kier molecular flexibility index (Phi) is 7.10. The number of anilines is 1. The normalized spacial score (nSPS) is 19.2. The summed E-state index contributed by atoms with van der Waals surface area (Å²) in [6.07, 6.45) is 7.49. The Morgan fingerprint density at radius 1 is 1.05 bits per heavy atom. The van der Waals surface area contributed by atoms with Gasteiger partial charge in [-0.1, -0.05) is 53.6 Å². The van der Waals surface area contributed by atoms with E-state index in [4.69, 9.17) is 21.3 Å². The van der Waals surface area contributed by atoms with Gasteiger partial charge in [-0.2, -0.15) is 0 Å². The number of hydrogen-bond acceptors (Lipinski definition) is 5. The van der Waals surface area contributed by atoms with Crippen LogP contribution in [0.3, 0.4) is 0 Å². The number of nitrogens with one attached hydrogen (secondary N) is 1. The summed E-state index contributed by atoms with van der Waals surface area (Å²) in [4.78, 5) is 15.2. The van der Waals surface area contributed by atoms with E-state index in [0.717, 1.165) is 23.2 Å². The molecule has 40 heavy (non-hydrogen) atoms. The third-order valence-electron chi connectivity index (χ3n) is 7.64. The van der Waals surface area contributed by atoms with Crippen molar-refractivity contribution < 1.29 is 9.66 Å². The van der Waals surface area contributed by atoms with Crippen LogP contribution in [0.5, 0.6) is 5.75 Å². The van der Waals surface area contributed by atoms with Crippen molar-refractivity contribution in [1.82, 2.24) is 0 Å². The summed E-state index contributed by atoms with van der Waals surface area (Å²) in [5.74, 6) is 1.56.